The van der Waals surface area contributed by atoms with Crippen LogP contribution in [0.25, 0.3) is 0 Å². The van der Waals surface area contributed by atoms with E-state index in [1.54, 1.807) is 0 Å². The van der Waals surface area contributed by atoms with E-state index in [0.717, 1.165) is 32.4 Å². The van der Waals surface area contributed by atoms with Gasteiger partial charge in [-0.05, 0) is 25.2 Å². The Labute approximate surface area is 79.3 Å². The van der Waals surface area contributed by atoms with E-state index in [1.165, 1.54) is 0 Å². The van der Waals surface area contributed by atoms with Gasteiger partial charge in [-0.3, -0.25) is 4.79 Å². The molecule has 74 valence electrons. The molecule has 1 amide bonds. The number of rotatable bonds is 1. The summed E-state index contributed by atoms with van der Waals surface area (Å²) in [6, 6.07) is 0.295. The fraction of sp³-hybridized carbons (Fsp3) is 0.900. The maximum absolute atomic E-state index is 11.7. The van der Waals surface area contributed by atoms with E-state index in [9.17, 15) is 4.79 Å². The van der Waals surface area contributed by atoms with E-state index in [-0.39, 0.29) is 0 Å². The van der Waals surface area contributed by atoms with Crippen LogP contribution in [0.5, 0.6) is 0 Å². The van der Waals surface area contributed by atoms with Gasteiger partial charge in [0.15, 0.2) is 0 Å². The lowest BCUT2D eigenvalue weighted by molar-refractivity contribution is -0.134. The quantitative estimate of drug-likeness (QED) is 0.645. The molecule has 0 aromatic rings. The molecule has 0 aromatic heterocycles. The smallest absolute Gasteiger partial charge is 0.225 e. The van der Waals surface area contributed by atoms with Crippen molar-refractivity contribution in [2.75, 3.05) is 13.1 Å². The lowest BCUT2D eigenvalue weighted by Gasteiger charge is -2.35. The first-order valence-electron chi connectivity index (χ1n) is 5.23. The predicted octanol–water partition coefficient (Wildman–Crippen LogP) is 0.592. The molecule has 3 nitrogen and oxygen atoms in total. The number of likely N-dealkylation sites (tertiary alicyclic amines) is 1. The summed E-state index contributed by atoms with van der Waals surface area (Å²) in [5, 5.41) is 0. The minimum Gasteiger partial charge on any atom is -0.342 e. The Morgan fingerprint density at radius 2 is 2.08 bits per heavy atom. The molecule has 2 atom stereocenters. The maximum Gasteiger partial charge on any atom is 0.225 e. The van der Waals surface area contributed by atoms with Gasteiger partial charge in [-0.2, -0.15) is 0 Å². The number of carbonyl (C=O) groups excluding carboxylic acids is 1. The van der Waals surface area contributed by atoms with Crippen LogP contribution in [0.2, 0.25) is 0 Å². The zero-order chi connectivity index (χ0) is 9.42. The number of hydrogen-bond acceptors (Lipinski definition) is 2. The molecular formula is C10H18N2O. The first kappa shape index (κ1) is 9.00. The average Bonchev–Trinajstić information content (AvgIpc) is 2.91. The molecule has 2 fully saturated rings. The van der Waals surface area contributed by atoms with Crippen molar-refractivity contribution in [2.45, 2.75) is 32.2 Å². The number of hydrogen-bond donors (Lipinski definition) is 1. The van der Waals surface area contributed by atoms with E-state index in [4.69, 9.17) is 5.73 Å². The topological polar surface area (TPSA) is 46.3 Å². The molecule has 0 spiro atoms. The Bertz CT molecular complexity index is 213. The second-order valence-electron chi connectivity index (χ2n) is 4.49. The molecule has 13 heavy (non-hydrogen) atoms. The zero-order valence-electron chi connectivity index (χ0n) is 8.20. The number of amides is 1. The molecule has 0 bridgehead atoms. The van der Waals surface area contributed by atoms with Crippen LogP contribution >= 0.6 is 0 Å². The van der Waals surface area contributed by atoms with E-state index in [2.05, 4.69) is 6.92 Å². The van der Waals surface area contributed by atoms with Crippen LogP contribution in [-0.2, 0) is 4.79 Å². The molecule has 1 aliphatic heterocycles. The van der Waals surface area contributed by atoms with Crippen LogP contribution in [-0.4, -0.2) is 29.9 Å². The van der Waals surface area contributed by atoms with Gasteiger partial charge in [0.05, 0.1) is 0 Å². The lowest BCUT2D eigenvalue weighted by atomic mass is 9.94. The summed E-state index contributed by atoms with van der Waals surface area (Å²) in [6.07, 6.45) is 3.19. The fourth-order valence-electron chi connectivity index (χ4n) is 1.95. The summed E-state index contributed by atoms with van der Waals surface area (Å²) < 4.78 is 0. The van der Waals surface area contributed by atoms with Crippen LogP contribution in [0.15, 0.2) is 0 Å². The first-order valence-corrected chi connectivity index (χ1v) is 5.23. The average molecular weight is 182 g/mol. The van der Waals surface area contributed by atoms with Crippen molar-refractivity contribution < 1.29 is 4.79 Å². The molecule has 0 aromatic carbocycles. The molecule has 1 heterocycles. The van der Waals surface area contributed by atoms with Crippen LogP contribution in [0, 0.1) is 11.8 Å². The van der Waals surface area contributed by atoms with Gasteiger partial charge in [0.25, 0.3) is 0 Å². The standard InChI is InChI=1S/C10H18N2O/c1-7-6-12(5-4-9(7)11)10(13)8-2-3-8/h7-9H,2-6,11H2,1H3/t7-,9-/m1/s1. The van der Waals surface area contributed by atoms with Crippen molar-refractivity contribution >= 4 is 5.91 Å². The van der Waals surface area contributed by atoms with Gasteiger partial charge in [0.1, 0.15) is 0 Å². The Hall–Kier alpha value is -0.570. The van der Waals surface area contributed by atoms with Gasteiger partial charge in [0, 0.05) is 25.0 Å². The van der Waals surface area contributed by atoms with Gasteiger partial charge < -0.3 is 10.6 Å². The van der Waals surface area contributed by atoms with E-state index >= 15 is 0 Å². The van der Waals surface area contributed by atoms with Crippen LogP contribution in [0.4, 0.5) is 0 Å². The highest BCUT2D eigenvalue weighted by Crippen LogP contribution is 2.32. The Morgan fingerprint density at radius 1 is 1.38 bits per heavy atom. The minimum absolute atomic E-state index is 0.295. The van der Waals surface area contributed by atoms with E-state index in [1.807, 2.05) is 4.90 Å². The third kappa shape index (κ3) is 1.85. The summed E-state index contributed by atoms with van der Waals surface area (Å²) in [5.74, 6) is 1.21. The summed E-state index contributed by atoms with van der Waals surface area (Å²) in [7, 11) is 0. The summed E-state index contributed by atoms with van der Waals surface area (Å²) in [4.78, 5) is 13.7. The second-order valence-corrected chi connectivity index (χ2v) is 4.49. The Morgan fingerprint density at radius 3 is 2.62 bits per heavy atom. The van der Waals surface area contributed by atoms with Crippen molar-refractivity contribution in [3.8, 4) is 0 Å². The van der Waals surface area contributed by atoms with Crippen molar-refractivity contribution in [1.29, 1.82) is 0 Å². The number of carbonyl (C=O) groups is 1. The van der Waals surface area contributed by atoms with Gasteiger partial charge in [-0.1, -0.05) is 6.92 Å². The molecule has 2 rings (SSSR count). The molecule has 2 aliphatic rings. The van der Waals surface area contributed by atoms with Crippen LogP contribution in [0.1, 0.15) is 26.2 Å². The van der Waals surface area contributed by atoms with Gasteiger partial charge in [0.2, 0.25) is 5.91 Å². The second kappa shape index (κ2) is 3.29. The van der Waals surface area contributed by atoms with E-state index < -0.39 is 0 Å². The number of nitrogens with zero attached hydrogens (tertiary/aromatic N) is 1. The van der Waals surface area contributed by atoms with Crippen molar-refractivity contribution in [1.82, 2.24) is 4.90 Å². The van der Waals surface area contributed by atoms with Gasteiger partial charge in [-0.15, -0.1) is 0 Å². The Kier molecular flexibility index (Phi) is 2.28. The molecule has 1 saturated heterocycles. The van der Waals surface area contributed by atoms with Crippen molar-refractivity contribution in [2.24, 2.45) is 17.6 Å². The molecule has 3 heteroatoms. The summed E-state index contributed by atoms with van der Waals surface area (Å²) in [6.45, 7) is 3.88. The number of piperidine rings is 1. The van der Waals surface area contributed by atoms with Crippen molar-refractivity contribution in [3.05, 3.63) is 0 Å². The van der Waals surface area contributed by atoms with Gasteiger partial charge in [-0.25, -0.2) is 0 Å². The largest absolute Gasteiger partial charge is 0.342 e. The van der Waals surface area contributed by atoms with E-state index in [0.29, 0.717) is 23.8 Å². The zero-order valence-corrected chi connectivity index (χ0v) is 8.20. The lowest BCUT2D eigenvalue weighted by Crippen LogP contribution is -2.48. The fourth-order valence-corrected chi connectivity index (χ4v) is 1.95. The normalized spacial score (nSPS) is 34.8. The SMILES string of the molecule is C[C@@H]1CN(C(=O)C2CC2)CC[C@H]1N. The first-order chi connectivity index (χ1) is 6.18. The van der Waals surface area contributed by atoms with Crippen LogP contribution < -0.4 is 5.73 Å². The molecule has 2 N–H and O–H groups in total. The highest BCUT2D eigenvalue weighted by Gasteiger charge is 2.35. The third-order valence-electron chi connectivity index (χ3n) is 3.21. The summed E-state index contributed by atoms with van der Waals surface area (Å²) >= 11 is 0. The molecule has 0 radical (unpaired) electrons. The van der Waals surface area contributed by atoms with Crippen molar-refractivity contribution in [3.63, 3.8) is 0 Å². The summed E-state index contributed by atoms with van der Waals surface area (Å²) in [5.41, 5.74) is 5.89. The molecular weight excluding hydrogens is 164 g/mol. The monoisotopic (exact) mass is 182 g/mol. The van der Waals surface area contributed by atoms with Crippen LogP contribution in [0.3, 0.4) is 0 Å². The highest BCUT2D eigenvalue weighted by atomic mass is 16.2. The third-order valence-corrected chi connectivity index (χ3v) is 3.21. The maximum atomic E-state index is 11.7. The minimum atomic E-state index is 0.295. The highest BCUT2D eigenvalue weighted by molar-refractivity contribution is 5.81. The molecule has 0 unspecified atom stereocenters. The molecule has 1 aliphatic carbocycles. The predicted molar refractivity (Wildman–Crippen MR) is 51.1 cm³/mol. The number of nitrogens with two attached hydrogens (primary N) is 1. The molecule has 1 saturated carbocycles. The Balaban J connectivity index is 1.90. The van der Waals surface area contributed by atoms with Gasteiger partial charge >= 0.3 is 0 Å².